The predicted molar refractivity (Wildman–Crippen MR) is 129 cm³/mol. The summed E-state index contributed by atoms with van der Waals surface area (Å²) in [5, 5.41) is 0. The maximum absolute atomic E-state index is 11.8. The van der Waals surface area contributed by atoms with Gasteiger partial charge in [0.25, 0.3) is 0 Å². The molecule has 0 radical (unpaired) electrons. The van der Waals surface area contributed by atoms with Gasteiger partial charge in [-0.3, -0.25) is 9.59 Å². The summed E-state index contributed by atoms with van der Waals surface area (Å²) in [6, 6.07) is 0. The third kappa shape index (κ3) is 4.11. The molecule has 0 aromatic rings. The molecule has 0 saturated heterocycles. The van der Waals surface area contributed by atoms with E-state index >= 15 is 0 Å². The first-order valence-electron chi connectivity index (χ1n) is 13.3. The number of ether oxygens (including phenoxy) is 2. The number of allylic oxidation sites excluding steroid dienone is 1. The van der Waals surface area contributed by atoms with Crippen LogP contribution in [0.15, 0.2) is 17.9 Å². The van der Waals surface area contributed by atoms with Gasteiger partial charge in [-0.2, -0.15) is 0 Å². The molecule has 0 N–H and O–H groups in total. The van der Waals surface area contributed by atoms with Gasteiger partial charge in [0, 0.05) is 18.8 Å². The normalized spacial score (nSPS) is 42.9. The largest absolute Gasteiger partial charge is 0.469 e. The fourth-order valence-electron chi connectivity index (χ4n) is 9.17. The van der Waals surface area contributed by atoms with Crippen molar-refractivity contribution < 1.29 is 19.1 Å². The molecule has 184 valence electrons. The van der Waals surface area contributed by atoms with E-state index in [2.05, 4.69) is 33.1 Å². The SMILES string of the molecule is C=C=C1CC2C(CC[C@@H]3C[C@@H](OC(C)=O)CC[C@]23C)C2CCC([C@H](C)CCC(=O)OC)[C@@]12C. The highest BCUT2D eigenvalue weighted by Crippen LogP contribution is 2.69. The smallest absolute Gasteiger partial charge is 0.305 e. The van der Waals surface area contributed by atoms with Crippen molar-refractivity contribution in [2.75, 3.05) is 7.11 Å². The minimum Gasteiger partial charge on any atom is -0.469 e. The van der Waals surface area contributed by atoms with Crippen molar-refractivity contribution in [1.29, 1.82) is 0 Å². The molecule has 0 heterocycles. The molecule has 4 aliphatic rings. The van der Waals surface area contributed by atoms with Crippen LogP contribution in [0.25, 0.3) is 0 Å². The second-order valence-electron chi connectivity index (χ2n) is 12.1. The van der Waals surface area contributed by atoms with Crippen LogP contribution in [-0.2, 0) is 19.1 Å². The first kappa shape index (κ1) is 24.6. The number of esters is 2. The third-order valence-corrected chi connectivity index (χ3v) is 10.9. The average molecular weight is 457 g/mol. The molecule has 4 fully saturated rings. The number of hydrogen-bond acceptors (Lipinski definition) is 4. The number of methoxy groups -OCH3 is 1. The van der Waals surface area contributed by atoms with Crippen molar-refractivity contribution in [3.05, 3.63) is 17.9 Å². The van der Waals surface area contributed by atoms with Crippen molar-refractivity contribution in [1.82, 2.24) is 0 Å². The molecule has 4 saturated carbocycles. The Kier molecular flexibility index (Phi) is 6.89. The highest BCUT2D eigenvalue weighted by Gasteiger charge is 2.62. The highest BCUT2D eigenvalue weighted by molar-refractivity contribution is 5.69. The average Bonchev–Trinajstić information content (AvgIpc) is 3.14. The molecule has 4 heteroatoms. The number of rotatable bonds is 5. The van der Waals surface area contributed by atoms with Gasteiger partial charge >= 0.3 is 11.9 Å². The maximum Gasteiger partial charge on any atom is 0.305 e. The van der Waals surface area contributed by atoms with Crippen molar-refractivity contribution in [2.24, 2.45) is 46.3 Å². The van der Waals surface area contributed by atoms with Gasteiger partial charge in [0.15, 0.2) is 0 Å². The van der Waals surface area contributed by atoms with Gasteiger partial charge in [0.2, 0.25) is 0 Å². The lowest BCUT2D eigenvalue weighted by Gasteiger charge is -2.61. The van der Waals surface area contributed by atoms with Crippen LogP contribution < -0.4 is 0 Å². The van der Waals surface area contributed by atoms with Crippen LogP contribution in [0.1, 0.15) is 91.9 Å². The monoisotopic (exact) mass is 456 g/mol. The maximum atomic E-state index is 11.8. The van der Waals surface area contributed by atoms with E-state index in [9.17, 15) is 9.59 Å². The molecule has 4 aliphatic carbocycles. The van der Waals surface area contributed by atoms with Crippen LogP contribution in [-0.4, -0.2) is 25.2 Å². The predicted octanol–water partition coefficient (Wildman–Crippen LogP) is 6.49. The molecule has 0 spiro atoms. The summed E-state index contributed by atoms with van der Waals surface area (Å²) in [7, 11) is 1.48. The molecule has 9 atom stereocenters. The fraction of sp³-hybridized carbons (Fsp3) is 0.828. The summed E-state index contributed by atoms with van der Waals surface area (Å²) in [4.78, 5) is 23.3. The lowest BCUT2D eigenvalue weighted by Crippen LogP contribution is -2.55. The van der Waals surface area contributed by atoms with E-state index in [-0.39, 0.29) is 23.5 Å². The van der Waals surface area contributed by atoms with Crippen LogP contribution >= 0.6 is 0 Å². The van der Waals surface area contributed by atoms with E-state index in [1.807, 2.05) is 0 Å². The molecule has 4 rings (SSSR count). The van der Waals surface area contributed by atoms with Crippen LogP contribution in [0, 0.1) is 46.3 Å². The van der Waals surface area contributed by atoms with Gasteiger partial charge in [-0.1, -0.05) is 27.4 Å². The van der Waals surface area contributed by atoms with E-state index in [1.165, 1.54) is 45.3 Å². The minimum atomic E-state index is -0.138. The number of carbonyl (C=O) groups excluding carboxylic acids is 2. The van der Waals surface area contributed by atoms with E-state index < -0.39 is 0 Å². The van der Waals surface area contributed by atoms with E-state index in [0.717, 1.165) is 38.0 Å². The summed E-state index contributed by atoms with van der Waals surface area (Å²) in [6.07, 6.45) is 10.9. The number of carbonyl (C=O) groups is 2. The highest BCUT2D eigenvalue weighted by atomic mass is 16.5. The van der Waals surface area contributed by atoms with E-state index in [0.29, 0.717) is 41.4 Å². The van der Waals surface area contributed by atoms with Crippen molar-refractivity contribution in [3.63, 3.8) is 0 Å². The molecular formula is C29H44O4. The van der Waals surface area contributed by atoms with E-state index in [4.69, 9.17) is 9.47 Å². The Morgan fingerprint density at radius 2 is 1.91 bits per heavy atom. The number of hydrogen-bond donors (Lipinski definition) is 0. The molecule has 33 heavy (non-hydrogen) atoms. The van der Waals surface area contributed by atoms with Gasteiger partial charge in [-0.25, -0.2) is 0 Å². The zero-order valence-corrected chi connectivity index (χ0v) is 21.5. The van der Waals surface area contributed by atoms with Gasteiger partial charge < -0.3 is 9.47 Å². The molecule has 0 aromatic heterocycles. The summed E-state index contributed by atoms with van der Waals surface area (Å²) in [6.45, 7) is 13.1. The summed E-state index contributed by atoms with van der Waals surface area (Å²) < 4.78 is 10.5. The van der Waals surface area contributed by atoms with Crippen LogP contribution in [0.4, 0.5) is 0 Å². The van der Waals surface area contributed by atoms with Crippen LogP contribution in [0.2, 0.25) is 0 Å². The van der Waals surface area contributed by atoms with Gasteiger partial charge in [0.05, 0.1) is 7.11 Å². The first-order valence-corrected chi connectivity index (χ1v) is 13.3. The lowest BCUT2D eigenvalue weighted by molar-refractivity contribution is -0.157. The van der Waals surface area contributed by atoms with Crippen LogP contribution in [0.5, 0.6) is 0 Å². The molecule has 4 unspecified atom stereocenters. The Hall–Kier alpha value is -1.54. The molecule has 4 nitrogen and oxygen atoms in total. The Morgan fingerprint density at radius 3 is 2.58 bits per heavy atom. The minimum absolute atomic E-state index is 0.0969. The zero-order valence-electron chi connectivity index (χ0n) is 21.5. The third-order valence-electron chi connectivity index (χ3n) is 10.9. The Morgan fingerprint density at radius 1 is 1.15 bits per heavy atom. The van der Waals surface area contributed by atoms with Crippen molar-refractivity contribution in [2.45, 2.75) is 98.0 Å². The van der Waals surface area contributed by atoms with Crippen LogP contribution in [0.3, 0.4) is 0 Å². The van der Waals surface area contributed by atoms with Crippen molar-refractivity contribution in [3.8, 4) is 0 Å². The first-order chi connectivity index (χ1) is 15.6. The Labute approximate surface area is 200 Å². The standard InChI is InChI=1S/C29H44O4/c1-7-20-17-26-23(10-9-21-16-22(33-19(3)30)14-15-28(21,26)4)25-12-11-24(29(20,25)5)18(2)8-13-27(31)32-6/h18,21-26H,1,8-17H2,2-6H3/t18-,21-,22+,23?,24?,25?,26?,28+,29-/m1/s1. The second kappa shape index (κ2) is 9.25. The lowest BCUT2D eigenvalue weighted by atomic mass is 9.43. The van der Waals surface area contributed by atoms with Gasteiger partial charge in [-0.15, -0.1) is 5.73 Å². The summed E-state index contributed by atoms with van der Waals surface area (Å²) in [5.41, 5.74) is 5.38. The zero-order chi connectivity index (χ0) is 24.0. The number of fused-ring (bicyclic) bond motifs is 5. The van der Waals surface area contributed by atoms with Gasteiger partial charge in [-0.05, 0) is 104 Å². The molecule has 0 amide bonds. The second-order valence-corrected chi connectivity index (χ2v) is 12.1. The van der Waals surface area contributed by atoms with E-state index in [1.54, 1.807) is 0 Å². The molecule has 0 aromatic carbocycles. The molecular weight excluding hydrogens is 412 g/mol. The topological polar surface area (TPSA) is 52.6 Å². The van der Waals surface area contributed by atoms with Gasteiger partial charge in [0.1, 0.15) is 6.10 Å². The summed E-state index contributed by atoms with van der Waals surface area (Å²) >= 11 is 0. The molecule has 0 aliphatic heterocycles. The quantitative estimate of drug-likeness (QED) is 0.351. The fourth-order valence-corrected chi connectivity index (χ4v) is 9.17. The Bertz CT molecular complexity index is 825. The Balaban J connectivity index is 1.55. The van der Waals surface area contributed by atoms with Crippen molar-refractivity contribution >= 4 is 11.9 Å². The molecule has 0 bridgehead atoms. The summed E-state index contributed by atoms with van der Waals surface area (Å²) in [5.74, 6) is 3.62.